The van der Waals surface area contributed by atoms with E-state index in [2.05, 4.69) is 10.3 Å². The summed E-state index contributed by atoms with van der Waals surface area (Å²) in [6, 6.07) is 4.02. The molecule has 2 N–H and O–H groups in total. The van der Waals surface area contributed by atoms with Crippen LogP contribution in [0.4, 0.5) is 4.39 Å². The van der Waals surface area contributed by atoms with Crippen LogP contribution >= 0.6 is 0 Å². The van der Waals surface area contributed by atoms with E-state index in [1.165, 1.54) is 52.5 Å². The molecule has 2 rings (SSSR count). The molecule has 1 aliphatic heterocycles. The van der Waals surface area contributed by atoms with Gasteiger partial charge < -0.3 is 20.2 Å². The number of carbonyl (C=O) groups is 4. The molecule has 174 valence electrons. The maximum atomic E-state index is 13.0. The molecule has 2 atom stereocenters. The van der Waals surface area contributed by atoms with Crippen LogP contribution in [0.2, 0.25) is 0 Å². The largest absolute Gasteiger partial charge is 0.380 e. The molecule has 1 aromatic rings. The number of benzene rings is 1. The first-order valence-corrected chi connectivity index (χ1v) is 9.84. The lowest BCUT2D eigenvalue weighted by atomic mass is 9.96. The molecule has 0 aromatic heterocycles. The van der Waals surface area contributed by atoms with Crippen molar-refractivity contribution in [1.82, 2.24) is 20.0 Å². The van der Waals surface area contributed by atoms with E-state index in [1.54, 1.807) is 13.8 Å². The predicted molar refractivity (Wildman–Crippen MR) is 114 cm³/mol. The first-order chi connectivity index (χ1) is 14.8. The Morgan fingerprint density at radius 2 is 1.72 bits per heavy atom. The van der Waals surface area contributed by atoms with Crippen molar-refractivity contribution < 1.29 is 28.7 Å². The normalized spacial score (nSPS) is 18.7. The first kappa shape index (κ1) is 24.9. The van der Waals surface area contributed by atoms with Crippen molar-refractivity contribution in [2.45, 2.75) is 38.1 Å². The molecule has 11 heteroatoms. The topological polar surface area (TPSA) is 123 Å². The number of amides is 4. The van der Waals surface area contributed by atoms with Crippen LogP contribution in [0, 0.1) is 5.82 Å². The lowest BCUT2D eigenvalue weighted by molar-refractivity contribution is -0.151. The number of likely N-dealkylation sites (N-methyl/N-ethyl adjacent to an activating group) is 3. The van der Waals surface area contributed by atoms with Crippen molar-refractivity contribution in [3.8, 4) is 0 Å². The van der Waals surface area contributed by atoms with Crippen LogP contribution in [-0.4, -0.2) is 95.1 Å². The number of aliphatic imine (C=N–C) groups is 1. The van der Waals surface area contributed by atoms with Gasteiger partial charge in [-0.25, -0.2) is 4.39 Å². The fraction of sp³-hybridized carbons (Fsp3) is 0.476. The van der Waals surface area contributed by atoms with Gasteiger partial charge in [-0.2, -0.15) is 0 Å². The minimum atomic E-state index is -1.72. The third-order valence-corrected chi connectivity index (χ3v) is 5.39. The summed E-state index contributed by atoms with van der Waals surface area (Å²) >= 11 is 0. The summed E-state index contributed by atoms with van der Waals surface area (Å²) in [5.74, 6) is -3.46. The van der Waals surface area contributed by atoms with Crippen LogP contribution in [0.3, 0.4) is 0 Å². The van der Waals surface area contributed by atoms with Gasteiger partial charge in [-0.3, -0.25) is 29.1 Å². The number of aliphatic hydroxyl groups is 1. The molecule has 1 heterocycles. The van der Waals surface area contributed by atoms with Gasteiger partial charge in [-0.15, -0.1) is 0 Å². The maximum Gasteiger partial charge on any atom is 0.312 e. The van der Waals surface area contributed by atoms with E-state index >= 15 is 0 Å². The standard InChI is InChI=1S/C21H28FN5O5/c1-21(2,27(6)19(32)18(31)25(3)4)20-24-14(15(28)17(30)26(20)5)16(29)23-11-12-7-9-13(22)10-8-12/h7-10,14-15,28H,11H2,1-6H3,(H,23,29). The average molecular weight is 449 g/mol. The van der Waals surface area contributed by atoms with Crippen molar-refractivity contribution in [1.29, 1.82) is 0 Å². The van der Waals surface area contributed by atoms with E-state index in [0.29, 0.717) is 5.56 Å². The molecule has 32 heavy (non-hydrogen) atoms. The Morgan fingerprint density at radius 1 is 1.16 bits per heavy atom. The van der Waals surface area contributed by atoms with Gasteiger partial charge in [0.25, 0.3) is 5.91 Å². The molecule has 0 radical (unpaired) electrons. The molecule has 0 fully saturated rings. The van der Waals surface area contributed by atoms with Gasteiger partial charge in [-0.05, 0) is 31.5 Å². The molecular weight excluding hydrogens is 421 g/mol. The summed E-state index contributed by atoms with van der Waals surface area (Å²) in [7, 11) is 5.63. The van der Waals surface area contributed by atoms with E-state index in [4.69, 9.17) is 0 Å². The SMILES string of the molecule is CN(C)C(=O)C(=O)N(C)C(C)(C)C1=NC(C(=O)NCc2ccc(F)cc2)C(O)C(=O)N1C. The number of carbonyl (C=O) groups excluding carboxylic acids is 4. The number of aliphatic hydroxyl groups excluding tert-OH is 1. The number of hydrogen-bond acceptors (Lipinski definition) is 6. The summed E-state index contributed by atoms with van der Waals surface area (Å²) in [4.78, 5) is 57.6. The second-order valence-electron chi connectivity index (χ2n) is 8.21. The third kappa shape index (κ3) is 4.93. The minimum Gasteiger partial charge on any atom is -0.380 e. The second kappa shape index (κ2) is 9.43. The van der Waals surface area contributed by atoms with Gasteiger partial charge in [0.2, 0.25) is 5.91 Å². The highest BCUT2D eigenvalue weighted by Gasteiger charge is 2.46. The molecule has 4 amide bonds. The van der Waals surface area contributed by atoms with Crippen LogP contribution in [0.15, 0.2) is 29.3 Å². The van der Waals surface area contributed by atoms with Gasteiger partial charge in [-0.1, -0.05) is 12.1 Å². The Bertz CT molecular complexity index is 944. The molecule has 0 aliphatic carbocycles. The van der Waals surface area contributed by atoms with Crippen LogP contribution in [0.5, 0.6) is 0 Å². The quantitative estimate of drug-likeness (QED) is 0.580. The van der Waals surface area contributed by atoms with Gasteiger partial charge in [0, 0.05) is 34.7 Å². The van der Waals surface area contributed by atoms with Crippen molar-refractivity contribution in [3.05, 3.63) is 35.6 Å². The Hall–Kier alpha value is -3.34. The summed E-state index contributed by atoms with van der Waals surface area (Å²) in [5.41, 5.74) is -0.645. The van der Waals surface area contributed by atoms with Crippen molar-refractivity contribution >= 4 is 29.5 Å². The average Bonchev–Trinajstić information content (AvgIpc) is 2.75. The predicted octanol–water partition coefficient (Wildman–Crippen LogP) is -0.633. The molecule has 0 saturated carbocycles. The molecule has 0 saturated heterocycles. The minimum absolute atomic E-state index is 0.0380. The molecule has 1 aliphatic rings. The van der Waals surface area contributed by atoms with Gasteiger partial charge in [0.05, 0.1) is 5.54 Å². The summed E-state index contributed by atoms with van der Waals surface area (Å²) in [6.07, 6.45) is -1.72. The molecule has 2 unspecified atom stereocenters. The van der Waals surface area contributed by atoms with Crippen LogP contribution in [0.25, 0.3) is 0 Å². The number of hydrogen-bond donors (Lipinski definition) is 2. The fourth-order valence-corrected chi connectivity index (χ4v) is 3.13. The monoisotopic (exact) mass is 449 g/mol. The lowest BCUT2D eigenvalue weighted by Crippen LogP contribution is -2.64. The highest BCUT2D eigenvalue weighted by molar-refractivity contribution is 6.35. The van der Waals surface area contributed by atoms with E-state index < -0.39 is 47.1 Å². The molecule has 0 bridgehead atoms. The number of amidine groups is 1. The molecule has 0 spiro atoms. The summed E-state index contributed by atoms with van der Waals surface area (Å²) < 4.78 is 13.0. The zero-order valence-corrected chi connectivity index (χ0v) is 18.9. The summed E-state index contributed by atoms with van der Waals surface area (Å²) in [5, 5.41) is 12.9. The zero-order chi connectivity index (χ0) is 24.4. The number of halogens is 1. The summed E-state index contributed by atoms with van der Waals surface area (Å²) in [6.45, 7) is 3.18. The number of nitrogens with zero attached hydrogens (tertiary/aromatic N) is 4. The Labute approximate surface area is 185 Å². The Balaban J connectivity index is 2.30. The third-order valence-electron chi connectivity index (χ3n) is 5.39. The highest BCUT2D eigenvalue weighted by atomic mass is 19.1. The smallest absolute Gasteiger partial charge is 0.312 e. The van der Waals surface area contributed by atoms with E-state index in [9.17, 15) is 28.7 Å². The van der Waals surface area contributed by atoms with Crippen LogP contribution in [0.1, 0.15) is 19.4 Å². The first-order valence-electron chi connectivity index (χ1n) is 9.84. The Morgan fingerprint density at radius 3 is 2.25 bits per heavy atom. The van der Waals surface area contributed by atoms with Crippen molar-refractivity contribution in [3.63, 3.8) is 0 Å². The fourth-order valence-electron chi connectivity index (χ4n) is 3.13. The maximum absolute atomic E-state index is 13.0. The molecule has 1 aromatic carbocycles. The lowest BCUT2D eigenvalue weighted by Gasteiger charge is -2.42. The number of rotatable bonds is 5. The molecule has 10 nitrogen and oxygen atoms in total. The van der Waals surface area contributed by atoms with Gasteiger partial charge in [0.15, 0.2) is 12.1 Å². The van der Waals surface area contributed by atoms with Crippen molar-refractivity contribution in [2.24, 2.45) is 4.99 Å². The van der Waals surface area contributed by atoms with Gasteiger partial charge in [0.1, 0.15) is 11.7 Å². The van der Waals surface area contributed by atoms with E-state index in [-0.39, 0.29) is 12.4 Å². The van der Waals surface area contributed by atoms with Crippen LogP contribution in [-0.2, 0) is 25.7 Å². The molecular formula is C21H28FN5O5. The zero-order valence-electron chi connectivity index (χ0n) is 18.9. The second-order valence-corrected chi connectivity index (χ2v) is 8.21. The van der Waals surface area contributed by atoms with E-state index in [1.807, 2.05) is 0 Å². The van der Waals surface area contributed by atoms with Crippen LogP contribution < -0.4 is 5.32 Å². The van der Waals surface area contributed by atoms with Gasteiger partial charge >= 0.3 is 11.8 Å². The Kier molecular flexibility index (Phi) is 7.34. The van der Waals surface area contributed by atoms with Crippen molar-refractivity contribution in [2.75, 3.05) is 28.2 Å². The number of nitrogens with one attached hydrogen (secondary N) is 1. The van der Waals surface area contributed by atoms with E-state index in [0.717, 1.165) is 14.7 Å². The highest BCUT2D eigenvalue weighted by Crippen LogP contribution is 2.23.